The summed E-state index contributed by atoms with van der Waals surface area (Å²) in [6.07, 6.45) is 10.7. The van der Waals surface area contributed by atoms with Crippen LogP contribution in [0.2, 0.25) is 0 Å². The van der Waals surface area contributed by atoms with Gasteiger partial charge < -0.3 is 21.7 Å². The number of pyridine rings is 3. The number of halogens is 4. The molecule has 0 radical (unpaired) electrons. The van der Waals surface area contributed by atoms with Crippen LogP contribution in [0.3, 0.4) is 0 Å². The largest absolute Gasteiger partial charge is 0.384 e. The van der Waals surface area contributed by atoms with Crippen molar-refractivity contribution in [3.63, 3.8) is 0 Å². The van der Waals surface area contributed by atoms with Crippen molar-refractivity contribution in [1.29, 1.82) is 0 Å². The maximum atomic E-state index is 13.4. The Labute approximate surface area is 284 Å². The first-order valence-electron chi connectivity index (χ1n) is 12.4. The summed E-state index contributed by atoms with van der Waals surface area (Å²) >= 11 is 20.2. The predicted octanol–water partition coefficient (Wildman–Crippen LogP) is 7.22. The molecule has 0 fully saturated rings. The zero-order valence-electron chi connectivity index (χ0n) is 22.3. The molecular weight excluding hydrogens is 785 g/mol. The number of rotatable bonds is 5. The molecule has 0 aliphatic rings. The van der Waals surface area contributed by atoms with E-state index < -0.39 is 0 Å². The fraction of sp³-hybridized carbons (Fsp3) is 0.0714. The van der Waals surface area contributed by atoms with Crippen molar-refractivity contribution in [2.45, 2.75) is 6.42 Å². The van der Waals surface area contributed by atoms with E-state index in [4.69, 9.17) is 30.2 Å². The Bertz CT molecular complexity index is 1550. The highest BCUT2D eigenvalue weighted by Crippen LogP contribution is 2.12. The van der Waals surface area contributed by atoms with E-state index in [2.05, 4.69) is 83.7 Å². The summed E-state index contributed by atoms with van der Waals surface area (Å²) in [6.45, 7) is 0.559. The van der Waals surface area contributed by atoms with Gasteiger partial charge in [-0.25, -0.2) is 24.3 Å². The molecule has 0 spiro atoms. The summed E-state index contributed by atoms with van der Waals surface area (Å²) in [4.78, 5) is 16.0. The molecule has 222 valence electrons. The molecule has 1 aromatic carbocycles. The minimum absolute atomic E-state index is 0.192. The average Bonchev–Trinajstić information content (AvgIpc) is 3.54. The van der Waals surface area contributed by atoms with Crippen molar-refractivity contribution >= 4 is 99.9 Å². The standard InChI is InChI=1S/C14H13BrFN3S.C9H7BrN4S.C5H5BrN2/c15-11-5-6-13(18-9-11)19-14(20)17-8-7-10-3-1-2-4-12(10)16;10-7-1-2-8(12-5-7)13-9(15)14-4-3-11-6-14;6-4-1-2-5(7)8-3-4/h1-6,9H,7-8H2,(H2,17,18,19,20);1-6H,(H,12,13,15);1-3H,(H2,7,8). The minimum Gasteiger partial charge on any atom is -0.384 e. The lowest BCUT2D eigenvalue weighted by Crippen LogP contribution is -2.30. The molecule has 43 heavy (non-hydrogen) atoms. The van der Waals surface area contributed by atoms with Crippen LogP contribution < -0.4 is 21.7 Å². The number of nitrogens with one attached hydrogen (secondary N) is 3. The highest BCUT2D eigenvalue weighted by molar-refractivity contribution is 9.11. The van der Waals surface area contributed by atoms with Crippen LogP contribution in [0, 0.1) is 5.82 Å². The monoisotopic (exact) mass is 807 g/mol. The molecule has 0 aliphatic carbocycles. The van der Waals surface area contributed by atoms with Gasteiger partial charge in [-0.15, -0.1) is 0 Å². The molecule has 0 saturated heterocycles. The summed E-state index contributed by atoms with van der Waals surface area (Å²) < 4.78 is 17.9. The highest BCUT2D eigenvalue weighted by atomic mass is 79.9. The predicted molar refractivity (Wildman–Crippen MR) is 188 cm³/mol. The van der Waals surface area contributed by atoms with Gasteiger partial charge in [-0.2, -0.15) is 0 Å². The van der Waals surface area contributed by atoms with E-state index in [-0.39, 0.29) is 5.82 Å². The molecule has 5 aromatic rings. The highest BCUT2D eigenvalue weighted by Gasteiger charge is 2.02. The molecule has 0 unspecified atom stereocenters. The molecule has 4 heterocycles. The van der Waals surface area contributed by atoms with Crippen LogP contribution >= 0.6 is 72.2 Å². The zero-order chi connectivity index (χ0) is 31.0. The zero-order valence-corrected chi connectivity index (χ0v) is 28.7. The van der Waals surface area contributed by atoms with Gasteiger partial charge in [0.05, 0.1) is 0 Å². The second-order valence-corrected chi connectivity index (χ2v) is 11.8. The van der Waals surface area contributed by atoms with Crippen LogP contribution in [0.1, 0.15) is 5.56 Å². The molecule has 0 aliphatic heterocycles. The number of thiocarbonyl (C=S) groups is 2. The lowest BCUT2D eigenvalue weighted by molar-refractivity contribution is 0.607. The van der Waals surface area contributed by atoms with Crippen LogP contribution in [0.5, 0.6) is 0 Å². The first kappa shape index (κ1) is 34.1. The van der Waals surface area contributed by atoms with Gasteiger partial charge in [0.1, 0.15) is 29.6 Å². The number of anilines is 3. The van der Waals surface area contributed by atoms with Gasteiger partial charge in [-0.3, -0.25) is 4.57 Å². The first-order chi connectivity index (χ1) is 20.7. The van der Waals surface area contributed by atoms with Crippen LogP contribution in [0.4, 0.5) is 21.8 Å². The van der Waals surface area contributed by atoms with Crippen LogP contribution in [0.25, 0.3) is 0 Å². The van der Waals surface area contributed by atoms with Gasteiger partial charge in [0, 0.05) is 50.9 Å². The van der Waals surface area contributed by atoms with E-state index in [0.717, 1.165) is 13.4 Å². The van der Waals surface area contributed by atoms with Crippen LogP contribution in [-0.4, -0.2) is 41.3 Å². The lowest BCUT2D eigenvalue weighted by atomic mass is 10.1. The van der Waals surface area contributed by atoms with Crippen molar-refractivity contribution in [3.05, 3.63) is 123 Å². The summed E-state index contributed by atoms with van der Waals surface area (Å²) in [5.41, 5.74) is 5.97. The molecule has 5 rings (SSSR count). The number of hydrogen-bond acceptors (Lipinski definition) is 7. The van der Waals surface area contributed by atoms with Crippen molar-refractivity contribution in [2.24, 2.45) is 0 Å². The molecule has 0 amide bonds. The summed E-state index contributed by atoms with van der Waals surface area (Å²) in [5, 5.41) is 9.99. The quantitative estimate of drug-likeness (QED) is 0.136. The van der Waals surface area contributed by atoms with Gasteiger partial charge in [0.25, 0.3) is 0 Å². The number of nitrogen functional groups attached to an aromatic ring is 1. The van der Waals surface area contributed by atoms with Crippen LogP contribution in [0.15, 0.2) is 111 Å². The van der Waals surface area contributed by atoms with Crippen LogP contribution in [-0.2, 0) is 6.42 Å². The van der Waals surface area contributed by atoms with Gasteiger partial charge in [0.15, 0.2) is 10.2 Å². The normalized spacial score (nSPS) is 9.86. The molecule has 0 saturated carbocycles. The average molecular weight is 810 g/mol. The third-order valence-corrected chi connectivity index (χ3v) is 7.02. The minimum atomic E-state index is -0.192. The second kappa shape index (κ2) is 18.3. The second-order valence-electron chi connectivity index (χ2n) is 8.25. The molecular formula is C28H25Br3FN9S2. The number of imidazole rings is 1. The fourth-order valence-corrected chi connectivity index (χ4v) is 4.14. The maximum absolute atomic E-state index is 13.4. The number of benzene rings is 1. The van der Waals surface area contributed by atoms with E-state index >= 15 is 0 Å². The topological polar surface area (TPSA) is 119 Å². The van der Waals surface area contributed by atoms with Gasteiger partial charge in [-0.1, -0.05) is 18.2 Å². The number of nitrogens with zero attached hydrogens (tertiary/aromatic N) is 5. The van der Waals surface area contributed by atoms with Crippen molar-refractivity contribution in [1.82, 2.24) is 29.8 Å². The van der Waals surface area contributed by atoms with Gasteiger partial charge >= 0.3 is 0 Å². The van der Waals surface area contributed by atoms with E-state index in [1.807, 2.05) is 36.4 Å². The summed E-state index contributed by atoms with van der Waals surface area (Å²) in [6, 6.07) is 17.7. The SMILES string of the molecule is Fc1ccccc1CCNC(=S)Nc1ccc(Br)cn1.Nc1ccc(Br)cn1.S=C(Nc1ccc(Br)cn1)n1ccnc1. The Balaban J connectivity index is 0.000000193. The van der Waals surface area contributed by atoms with Gasteiger partial charge in [-0.05, 0) is 127 Å². The molecule has 15 heteroatoms. The Kier molecular flexibility index (Phi) is 14.5. The van der Waals surface area contributed by atoms with E-state index in [9.17, 15) is 4.39 Å². The van der Waals surface area contributed by atoms with E-state index in [0.29, 0.717) is 46.2 Å². The molecule has 0 atom stereocenters. The Hall–Kier alpha value is -3.37. The Morgan fingerprint density at radius 2 is 1.42 bits per heavy atom. The molecule has 5 N–H and O–H groups in total. The van der Waals surface area contributed by atoms with Crippen molar-refractivity contribution < 1.29 is 4.39 Å². The Morgan fingerprint density at radius 1 is 0.814 bits per heavy atom. The molecule has 0 bridgehead atoms. The molecule has 4 aromatic heterocycles. The van der Waals surface area contributed by atoms with E-state index in [1.165, 1.54) is 6.07 Å². The fourth-order valence-electron chi connectivity index (χ4n) is 3.01. The number of aromatic nitrogens is 5. The summed E-state index contributed by atoms with van der Waals surface area (Å²) in [5.74, 6) is 1.73. The number of nitrogens with two attached hydrogens (primary N) is 1. The van der Waals surface area contributed by atoms with Crippen molar-refractivity contribution in [2.75, 3.05) is 22.9 Å². The summed E-state index contributed by atoms with van der Waals surface area (Å²) in [7, 11) is 0. The first-order valence-corrected chi connectivity index (χ1v) is 15.6. The van der Waals surface area contributed by atoms with E-state index in [1.54, 1.807) is 60.1 Å². The van der Waals surface area contributed by atoms with Crippen molar-refractivity contribution in [3.8, 4) is 0 Å². The third kappa shape index (κ3) is 13.2. The third-order valence-electron chi connectivity index (χ3n) is 5.06. The maximum Gasteiger partial charge on any atom is 0.184 e. The lowest BCUT2D eigenvalue weighted by Gasteiger charge is -2.10. The Morgan fingerprint density at radius 3 is 1.93 bits per heavy atom. The molecule has 9 nitrogen and oxygen atoms in total. The van der Waals surface area contributed by atoms with Gasteiger partial charge in [0.2, 0.25) is 0 Å². The number of hydrogen-bond donors (Lipinski definition) is 4. The smallest absolute Gasteiger partial charge is 0.184 e.